The van der Waals surface area contributed by atoms with Gasteiger partial charge in [-0.1, -0.05) is 26.0 Å². The summed E-state index contributed by atoms with van der Waals surface area (Å²) < 4.78 is 5.18. The van der Waals surface area contributed by atoms with E-state index in [2.05, 4.69) is 19.2 Å². The summed E-state index contributed by atoms with van der Waals surface area (Å²) in [6, 6.07) is 7.79. The first-order valence-corrected chi connectivity index (χ1v) is 7.23. The number of benzene rings is 1. The van der Waals surface area contributed by atoms with Crippen molar-refractivity contribution in [3.8, 4) is 5.75 Å². The second kappa shape index (κ2) is 6.27. The summed E-state index contributed by atoms with van der Waals surface area (Å²) >= 11 is 0. The largest absolute Gasteiger partial charge is 0.497 e. The molecule has 1 aromatic carbocycles. The Morgan fingerprint density at radius 3 is 2.50 bits per heavy atom. The SMILES string of the molecule is COc1ccc(C2NC(C)C(=O)N2CCC(C)C)cc1. The van der Waals surface area contributed by atoms with Crippen LogP contribution in [0.1, 0.15) is 38.9 Å². The molecule has 2 rings (SSSR count). The smallest absolute Gasteiger partial charge is 0.241 e. The fourth-order valence-electron chi connectivity index (χ4n) is 2.47. The summed E-state index contributed by atoms with van der Waals surface area (Å²) in [4.78, 5) is 14.2. The molecule has 1 aliphatic heterocycles. The minimum atomic E-state index is -0.116. The van der Waals surface area contributed by atoms with E-state index in [0.717, 1.165) is 24.3 Å². The van der Waals surface area contributed by atoms with Gasteiger partial charge >= 0.3 is 0 Å². The Kier molecular flexibility index (Phi) is 4.65. The Labute approximate surface area is 121 Å². The van der Waals surface area contributed by atoms with E-state index < -0.39 is 0 Å². The van der Waals surface area contributed by atoms with E-state index in [9.17, 15) is 4.79 Å². The van der Waals surface area contributed by atoms with Gasteiger partial charge in [-0.25, -0.2) is 0 Å². The van der Waals surface area contributed by atoms with Crippen LogP contribution in [0.3, 0.4) is 0 Å². The zero-order valence-electron chi connectivity index (χ0n) is 12.7. The molecule has 0 bridgehead atoms. The van der Waals surface area contributed by atoms with Gasteiger partial charge < -0.3 is 9.64 Å². The van der Waals surface area contributed by atoms with Crippen LogP contribution in [0.4, 0.5) is 0 Å². The average molecular weight is 276 g/mol. The number of carbonyl (C=O) groups is 1. The maximum atomic E-state index is 12.3. The molecule has 4 nitrogen and oxygen atoms in total. The molecular weight excluding hydrogens is 252 g/mol. The summed E-state index contributed by atoms with van der Waals surface area (Å²) in [7, 11) is 1.66. The highest BCUT2D eigenvalue weighted by atomic mass is 16.5. The second-order valence-electron chi connectivity index (χ2n) is 5.78. The predicted octanol–water partition coefficient (Wildman–Crippen LogP) is 2.56. The van der Waals surface area contributed by atoms with E-state index in [4.69, 9.17) is 4.74 Å². The van der Waals surface area contributed by atoms with Crippen LogP contribution in [0, 0.1) is 5.92 Å². The Hall–Kier alpha value is -1.55. The number of nitrogens with one attached hydrogen (secondary N) is 1. The van der Waals surface area contributed by atoms with Crippen molar-refractivity contribution in [2.45, 2.75) is 39.4 Å². The molecule has 0 aromatic heterocycles. The van der Waals surface area contributed by atoms with E-state index in [1.165, 1.54) is 0 Å². The maximum absolute atomic E-state index is 12.3. The van der Waals surface area contributed by atoms with Crippen LogP contribution in [0.15, 0.2) is 24.3 Å². The Morgan fingerprint density at radius 1 is 1.30 bits per heavy atom. The number of ether oxygens (including phenoxy) is 1. The molecule has 1 amide bonds. The molecule has 1 aliphatic rings. The second-order valence-corrected chi connectivity index (χ2v) is 5.78. The summed E-state index contributed by atoms with van der Waals surface area (Å²) in [6.07, 6.45) is 0.995. The average Bonchev–Trinajstić information content (AvgIpc) is 2.72. The molecule has 0 spiro atoms. The number of carbonyl (C=O) groups excluding carboxylic acids is 1. The van der Waals surface area contributed by atoms with Crippen molar-refractivity contribution in [3.05, 3.63) is 29.8 Å². The summed E-state index contributed by atoms with van der Waals surface area (Å²) in [5, 5.41) is 3.37. The maximum Gasteiger partial charge on any atom is 0.241 e. The lowest BCUT2D eigenvalue weighted by Gasteiger charge is -2.25. The fraction of sp³-hybridized carbons (Fsp3) is 0.562. The third-order valence-electron chi connectivity index (χ3n) is 3.75. The van der Waals surface area contributed by atoms with Crippen molar-refractivity contribution in [1.82, 2.24) is 10.2 Å². The molecule has 0 radical (unpaired) electrons. The van der Waals surface area contributed by atoms with Crippen LogP contribution in [0.2, 0.25) is 0 Å². The van der Waals surface area contributed by atoms with Gasteiger partial charge in [-0.05, 0) is 37.0 Å². The number of rotatable bonds is 5. The van der Waals surface area contributed by atoms with Crippen LogP contribution < -0.4 is 10.1 Å². The minimum absolute atomic E-state index is 0.0258. The van der Waals surface area contributed by atoms with Gasteiger partial charge in [0.2, 0.25) is 5.91 Å². The number of hydrogen-bond acceptors (Lipinski definition) is 3. The van der Waals surface area contributed by atoms with Gasteiger partial charge in [0.05, 0.1) is 13.2 Å². The molecule has 1 fully saturated rings. The molecule has 0 saturated carbocycles. The zero-order chi connectivity index (χ0) is 14.7. The minimum Gasteiger partial charge on any atom is -0.497 e. The first kappa shape index (κ1) is 14.9. The van der Waals surface area contributed by atoms with Crippen LogP contribution in [-0.2, 0) is 4.79 Å². The molecule has 2 atom stereocenters. The monoisotopic (exact) mass is 276 g/mol. The fourth-order valence-corrected chi connectivity index (χ4v) is 2.47. The van der Waals surface area contributed by atoms with Crippen molar-refractivity contribution in [3.63, 3.8) is 0 Å². The molecule has 110 valence electrons. The van der Waals surface area contributed by atoms with Gasteiger partial charge in [0.1, 0.15) is 11.9 Å². The van der Waals surface area contributed by atoms with Crippen molar-refractivity contribution >= 4 is 5.91 Å². The quantitative estimate of drug-likeness (QED) is 0.898. The van der Waals surface area contributed by atoms with Crippen LogP contribution >= 0.6 is 0 Å². The highest BCUT2D eigenvalue weighted by Gasteiger charge is 2.36. The Morgan fingerprint density at radius 2 is 1.95 bits per heavy atom. The topological polar surface area (TPSA) is 41.6 Å². The summed E-state index contributed by atoms with van der Waals surface area (Å²) in [5.74, 6) is 1.61. The van der Waals surface area contributed by atoms with Crippen molar-refractivity contribution in [2.75, 3.05) is 13.7 Å². The van der Waals surface area contributed by atoms with Crippen LogP contribution in [-0.4, -0.2) is 30.5 Å². The van der Waals surface area contributed by atoms with Gasteiger partial charge in [-0.3, -0.25) is 10.1 Å². The molecule has 1 saturated heterocycles. The number of hydrogen-bond donors (Lipinski definition) is 1. The van der Waals surface area contributed by atoms with E-state index >= 15 is 0 Å². The normalized spacial score (nSPS) is 22.6. The van der Waals surface area contributed by atoms with Crippen LogP contribution in [0.5, 0.6) is 5.75 Å². The van der Waals surface area contributed by atoms with Crippen molar-refractivity contribution in [1.29, 1.82) is 0 Å². The van der Waals surface area contributed by atoms with Gasteiger partial charge in [-0.2, -0.15) is 0 Å². The number of methoxy groups -OCH3 is 1. The molecule has 1 aromatic rings. The van der Waals surface area contributed by atoms with E-state index in [1.54, 1.807) is 7.11 Å². The molecule has 1 N–H and O–H groups in total. The first-order chi connectivity index (χ1) is 9.52. The van der Waals surface area contributed by atoms with Crippen molar-refractivity contribution in [2.24, 2.45) is 5.92 Å². The van der Waals surface area contributed by atoms with Gasteiger partial charge in [-0.15, -0.1) is 0 Å². The van der Waals surface area contributed by atoms with E-state index in [-0.39, 0.29) is 18.1 Å². The molecular formula is C16H24N2O2. The Balaban J connectivity index is 2.16. The zero-order valence-corrected chi connectivity index (χ0v) is 12.7. The molecule has 2 unspecified atom stereocenters. The van der Waals surface area contributed by atoms with E-state index in [0.29, 0.717) is 5.92 Å². The molecule has 0 aliphatic carbocycles. The number of amides is 1. The predicted molar refractivity (Wildman–Crippen MR) is 79.5 cm³/mol. The van der Waals surface area contributed by atoms with Gasteiger partial charge in [0, 0.05) is 6.54 Å². The lowest BCUT2D eigenvalue weighted by Crippen LogP contribution is -2.32. The highest BCUT2D eigenvalue weighted by Crippen LogP contribution is 2.27. The lowest BCUT2D eigenvalue weighted by atomic mass is 10.1. The molecule has 4 heteroatoms. The highest BCUT2D eigenvalue weighted by molar-refractivity contribution is 5.84. The van der Waals surface area contributed by atoms with Gasteiger partial charge in [0.25, 0.3) is 0 Å². The van der Waals surface area contributed by atoms with Crippen molar-refractivity contribution < 1.29 is 9.53 Å². The lowest BCUT2D eigenvalue weighted by molar-refractivity contribution is -0.130. The molecule has 1 heterocycles. The third-order valence-corrected chi connectivity index (χ3v) is 3.75. The number of nitrogens with zero attached hydrogens (tertiary/aromatic N) is 1. The van der Waals surface area contributed by atoms with E-state index in [1.807, 2.05) is 36.1 Å². The Bertz CT molecular complexity index is 456. The van der Waals surface area contributed by atoms with Gasteiger partial charge in [0.15, 0.2) is 0 Å². The third kappa shape index (κ3) is 3.12. The standard InChI is InChI=1S/C16H24N2O2/c1-11(2)9-10-18-15(17-12(3)16(18)19)13-5-7-14(20-4)8-6-13/h5-8,11-12,15,17H,9-10H2,1-4H3. The summed E-state index contributed by atoms with van der Waals surface area (Å²) in [6.45, 7) is 7.08. The first-order valence-electron chi connectivity index (χ1n) is 7.23. The molecule has 20 heavy (non-hydrogen) atoms. The van der Waals surface area contributed by atoms with Crippen LogP contribution in [0.25, 0.3) is 0 Å². The summed E-state index contributed by atoms with van der Waals surface area (Å²) in [5.41, 5.74) is 1.10.